The van der Waals surface area contributed by atoms with Crippen molar-refractivity contribution in [3.05, 3.63) is 29.3 Å². The molecule has 0 saturated carbocycles. The minimum atomic E-state index is -2.26. The average Bonchev–Trinajstić information content (AvgIpc) is 3.07. The number of ether oxygens (including phenoxy) is 7. The van der Waals surface area contributed by atoms with Crippen molar-refractivity contribution in [3.63, 3.8) is 0 Å². The van der Waals surface area contributed by atoms with Crippen molar-refractivity contribution >= 4 is 29.9 Å². The first-order valence-corrected chi connectivity index (χ1v) is 11.4. The van der Waals surface area contributed by atoms with E-state index in [9.17, 15) is 24.0 Å². The first-order chi connectivity index (χ1) is 18.1. The van der Waals surface area contributed by atoms with Crippen molar-refractivity contribution < 1.29 is 57.1 Å². The summed E-state index contributed by atoms with van der Waals surface area (Å²) in [6, 6.07) is 0.242. The Morgan fingerprint density at radius 2 is 1.58 bits per heavy atom. The van der Waals surface area contributed by atoms with Gasteiger partial charge in [-0.2, -0.15) is 10.0 Å². The van der Waals surface area contributed by atoms with Gasteiger partial charge in [-0.15, -0.1) is 0 Å². The second kappa shape index (κ2) is 11.4. The van der Waals surface area contributed by atoms with Crippen LogP contribution in [0.1, 0.15) is 42.2 Å². The smallest absolute Gasteiger partial charge is 0.432 e. The van der Waals surface area contributed by atoms with Gasteiger partial charge in [0.2, 0.25) is 17.3 Å². The molecule has 2 aliphatic heterocycles. The molecule has 2 bridgehead atoms. The van der Waals surface area contributed by atoms with Crippen molar-refractivity contribution in [2.75, 3.05) is 41.7 Å². The molecule has 0 unspecified atom stereocenters. The summed E-state index contributed by atoms with van der Waals surface area (Å²) >= 11 is 0. The van der Waals surface area contributed by atoms with Gasteiger partial charge in [0.05, 0.1) is 40.1 Å². The summed E-state index contributed by atoms with van der Waals surface area (Å²) in [6.07, 6.45) is -0.115. The summed E-state index contributed by atoms with van der Waals surface area (Å²) in [5.74, 6) is -3.40. The van der Waals surface area contributed by atoms with E-state index >= 15 is 0 Å². The number of hydrazine groups is 1. The van der Waals surface area contributed by atoms with Crippen molar-refractivity contribution in [3.8, 4) is 17.2 Å². The molecule has 0 saturated heterocycles. The van der Waals surface area contributed by atoms with E-state index in [1.807, 2.05) is 0 Å². The van der Waals surface area contributed by atoms with E-state index < -0.39 is 53.8 Å². The van der Waals surface area contributed by atoms with Crippen molar-refractivity contribution in [2.24, 2.45) is 0 Å². The van der Waals surface area contributed by atoms with Gasteiger partial charge in [-0.25, -0.2) is 9.59 Å². The molecule has 38 heavy (non-hydrogen) atoms. The lowest BCUT2D eigenvalue weighted by Crippen LogP contribution is -2.66. The molecule has 14 nitrogen and oxygen atoms in total. The van der Waals surface area contributed by atoms with Crippen LogP contribution < -0.4 is 14.2 Å². The van der Waals surface area contributed by atoms with Crippen LogP contribution in [-0.2, 0) is 28.5 Å². The fraction of sp³-hybridized carbons (Fsp3) is 0.458. The van der Waals surface area contributed by atoms with E-state index in [0.717, 1.165) is 19.2 Å². The number of methoxy groups -OCH3 is 4. The Balaban J connectivity index is 2.37. The van der Waals surface area contributed by atoms with Crippen LogP contribution in [0.25, 0.3) is 0 Å². The molecule has 2 amide bonds. The zero-order valence-corrected chi connectivity index (χ0v) is 21.7. The summed E-state index contributed by atoms with van der Waals surface area (Å²) in [5.41, 5.74) is -2.44. The van der Waals surface area contributed by atoms with Gasteiger partial charge in [0.1, 0.15) is 12.5 Å². The standard InChI is InChI=1S/C24H28N2O12/c1-7-36-22(30)25-14-9-10-24(35-6,26(25)23(31)37-8-2)21(29)18-13(14)11-15(32-3)19(34-5)20(18)38-17(28)12-16(27)33-4/h9-11,14H,7-8,12H2,1-6H3/t14-,24-/m0/s1. The van der Waals surface area contributed by atoms with Crippen LogP contribution in [0, 0.1) is 0 Å². The number of esters is 2. The van der Waals surface area contributed by atoms with Gasteiger partial charge in [-0.05, 0) is 31.6 Å². The normalized spacial score (nSPS) is 19.3. The molecule has 0 fully saturated rings. The summed E-state index contributed by atoms with van der Waals surface area (Å²) in [6.45, 7) is 2.98. The number of hydrogen-bond acceptors (Lipinski definition) is 12. The van der Waals surface area contributed by atoms with Crippen LogP contribution >= 0.6 is 0 Å². The number of fused-ring (bicyclic) bond motifs is 1. The van der Waals surface area contributed by atoms with Gasteiger partial charge < -0.3 is 33.2 Å². The van der Waals surface area contributed by atoms with Gasteiger partial charge in [0.25, 0.3) is 0 Å². The molecule has 1 aliphatic carbocycles. The van der Waals surface area contributed by atoms with E-state index in [1.165, 1.54) is 32.4 Å². The summed E-state index contributed by atoms with van der Waals surface area (Å²) in [5, 5.41) is 1.58. The highest BCUT2D eigenvalue weighted by atomic mass is 16.6. The van der Waals surface area contributed by atoms with Gasteiger partial charge in [-0.1, -0.05) is 6.08 Å². The molecule has 206 valence electrons. The van der Waals surface area contributed by atoms with Gasteiger partial charge in [0.15, 0.2) is 11.5 Å². The van der Waals surface area contributed by atoms with E-state index in [-0.39, 0.29) is 35.8 Å². The third-order valence-corrected chi connectivity index (χ3v) is 5.76. The summed E-state index contributed by atoms with van der Waals surface area (Å²) < 4.78 is 36.7. The number of amides is 2. The Morgan fingerprint density at radius 3 is 2.13 bits per heavy atom. The zero-order chi connectivity index (χ0) is 28.2. The highest BCUT2D eigenvalue weighted by molar-refractivity contribution is 6.11. The van der Waals surface area contributed by atoms with Gasteiger partial charge in [0, 0.05) is 7.11 Å². The van der Waals surface area contributed by atoms with Gasteiger partial charge >= 0.3 is 24.1 Å². The Bertz CT molecular complexity index is 1180. The number of carbonyl (C=O) groups excluding carboxylic acids is 5. The maximum Gasteiger partial charge on any atom is 0.432 e. The van der Waals surface area contributed by atoms with Crippen LogP contribution in [0.5, 0.6) is 17.2 Å². The predicted octanol–water partition coefficient (Wildman–Crippen LogP) is 2.15. The van der Waals surface area contributed by atoms with Crippen molar-refractivity contribution in [2.45, 2.75) is 32.0 Å². The molecule has 0 spiro atoms. The molecule has 1 aromatic carbocycles. The molecular formula is C24H28N2O12. The third-order valence-electron chi connectivity index (χ3n) is 5.76. The van der Waals surface area contributed by atoms with Crippen LogP contribution in [0.4, 0.5) is 9.59 Å². The number of hydrogen-bond donors (Lipinski definition) is 0. The Labute approximate surface area is 217 Å². The molecule has 14 heteroatoms. The third kappa shape index (κ3) is 4.58. The Kier molecular flexibility index (Phi) is 8.46. The van der Waals surface area contributed by atoms with Crippen LogP contribution in [0.2, 0.25) is 0 Å². The largest absolute Gasteiger partial charge is 0.493 e. The first-order valence-electron chi connectivity index (χ1n) is 11.4. The highest BCUT2D eigenvalue weighted by Crippen LogP contribution is 2.51. The number of nitrogens with zero attached hydrogens (tertiary/aromatic N) is 2. The number of carbonyl (C=O) groups is 5. The maximum absolute atomic E-state index is 14.3. The van der Waals surface area contributed by atoms with E-state index in [2.05, 4.69) is 4.74 Å². The topological polar surface area (TPSA) is 156 Å². The molecule has 4 rings (SSSR count). The molecule has 2 heterocycles. The average molecular weight is 536 g/mol. The van der Waals surface area contributed by atoms with E-state index in [0.29, 0.717) is 5.01 Å². The molecule has 3 aliphatic rings. The number of ketones is 1. The number of benzene rings is 1. The second-order valence-corrected chi connectivity index (χ2v) is 7.72. The lowest BCUT2D eigenvalue weighted by atomic mass is 9.95. The minimum absolute atomic E-state index is 0.0247. The SMILES string of the molecule is CCOC(=O)N1[C@H]2C=C[C@](OC)(C(=O)c3c2cc(OC)c(OC)c3OC(=O)CC(=O)OC)N1C(=O)OCC. The highest BCUT2D eigenvalue weighted by Gasteiger charge is 2.60. The monoisotopic (exact) mass is 536 g/mol. The molecular weight excluding hydrogens is 508 g/mol. The molecule has 1 aromatic rings. The van der Waals surface area contributed by atoms with Crippen LogP contribution in [0.15, 0.2) is 18.2 Å². The van der Waals surface area contributed by atoms with Crippen LogP contribution in [-0.4, -0.2) is 87.3 Å². The van der Waals surface area contributed by atoms with Crippen molar-refractivity contribution in [1.29, 1.82) is 0 Å². The zero-order valence-electron chi connectivity index (χ0n) is 21.7. The Morgan fingerprint density at radius 1 is 0.921 bits per heavy atom. The van der Waals surface area contributed by atoms with Gasteiger partial charge in [-0.3, -0.25) is 14.4 Å². The van der Waals surface area contributed by atoms with Crippen molar-refractivity contribution in [1.82, 2.24) is 10.0 Å². The van der Waals surface area contributed by atoms with E-state index in [1.54, 1.807) is 13.8 Å². The molecule has 0 radical (unpaired) electrons. The fourth-order valence-electron chi connectivity index (χ4n) is 4.17. The van der Waals surface area contributed by atoms with Crippen LogP contribution in [0.3, 0.4) is 0 Å². The molecule has 0 aromatic heterocycles. The Hall–Kier alpha value is -4.33. The number of Topliss-reactive ketones (excluding diaryl/α,β-unsaturated/α-hetero) is 1. The number of rotatable bonds is 8. The fourth-order valence-corrected chi connectivity index (χ4v) is 4.17. The predicted molar refractivity (Wildman–Crippen MR) is 125 cm³/mol. The summed E-state index contributed by atoms with van der Waals surface area (Å²) in [7, 11) is 4.79. The second-order valence-electron chi connectivity index (χ2n) is 7.72. The first kappa shape index (κ1) is 28.2. The lowest BCUT2D eigenvalue weighted by molar-refractivity contribution is -0.158. The lowest BCUT2D eigenvalue weighted by Gasteiger charge is -2.46. The quantitative estimate of drug-likeness (QED) is 0.157. The minimum Gasteiger partial charge on any atom is -0.493 e. The maximum atomic E-state index is 14.3. The van der Waals surface area contributed by atoms with E-state index in [4.69, 9.17) is 28.4 Å². The molecule has 0 N–H and O–H groups in total. The summed E-state index contributed by atoms with van der Waals surface area (Å²) in [4.78, 5) is 64.9. The molecule has 2 atom stereocenters.